The van der Waals surface area contributed by atoms with Gasteiger partial charge in [-0.2, -0.15) is 0 Å². The van der Waals surface area contributed by atoms with E-state index in [0.717, 1.165) is 0 Å². The van der Waals surface area contributed by atoms with Crippen LogP contribution >= 0.6 is 0 Å². The predicted octanol–water partition coefficient (Wildman–Crippen LogP) is 0.808. The van der Waals surface area contributed by atoms with Gasteiger partial charge >= 0.3 is 0 Å². The number of carbonyl (C=O) groups is 1. The van der Waals surface area contributed by atoms with E-state index in [9.17, 15) is 14.4 Å². The van der Waals surface area contributed by atoms with Crippen molar-refractivity contribution in [2.45, 2.75) is 27.2 Å². The number of ether oxygens (including phenoxy) is 4. The Hall–Kier alpha value is -1.81. The third-order valence-corrected chi connectivity index (χ3v) is 4.09. The zero-order chi connectivity index (χ0) is 21.5. The van der Waals surface area contributed by atoms with Crippen molar-refractivity contribution in [3.8, 4) is 0 Å². The number of Topliss-reactive ketones (excluding diaryl/α,β-unsaturated/α-hetero) is 1. The van der Waals surface area contributed by atoms with Gasteiger partial charge in [0.1, 0.15) is 17.2 Å². The Labute approximate surface area is 171 Å². The summed E-state index contributed by atoms with van der Waals surface area (Å²) in [4.78, 5) is 34.6. The standard InChI is InChI=1S/C20H34N2O7/c1-4-26-9-6-21-17-18(20(25)19(17)24)22-7-10-28-12-14-29-13-11-27-8-5-16(23)15(2)3/h15,21-22H,4-14H2,1-3H3. The van der Waals surface area contributed by atoms with E-state index in [1.54, 1.807) is 0 Å². The molecular weight excluding hydrogens is 380 g/mol. The fraction of sp³-hybridized carbons (Fsp3) is 0.750. The minimum Gasteiger partial charge on any atom is -0.380 e. The summed E-state index contributed by atoms with van der Waals surface area (Å²) >= 11 is 0. The SMILES string of the molecule is CCOCCNc1c(NCCOCCOCCOCCC(=O)C(C)C)c(=O)c1=O. The first-order valence-electron chi connectivity index (χ1n) is 10.1. The normalized spacial score (nSPS) is 11.3. The first-order chi connectivity index (χ1) is 14.0. The molecule has 9 nitrogen and oxygen atoms in total. The summed E-state index contributed by atoms with van der Waals surface area (Å²) in [6.07, 6.45) is 0.433. The van der Waals surface area contributed by atoms with Crippen LogP contribution in [0.2, 0.25) is 0 Å². The fourth-order valence-corrected chi connectivity index (χ4v) is 2.37. The first kappa shape index (κ1) is 25.2. The Morgan fingerprint density at radius 2 is 1.21 bits per heavy atom. The van der Waals surface area contributed by atoms with E-state index in [1.165, 1.54) is 0 Å². The minimum atomic E-state index is -0.512. The molecule has 1 aromatic rings. The summed E-state index contributed by atoms with van der Waals surface area (Å²) in [6.45, 7) is 10.1. The van der Waals surface area contributed by atoms with Crippen molar-refractivity contribution in [3.05, 3.63) is 20.4 Å². The maximum absolute atomic E-state index is 11.6. The average Bonchev–Trinajstić information content (AvgIpc) is 2.71. The topological polar surface area (TPSA) is 112 Å². The Bertz CT molecular complexity index is 654. The van der Waals surface area contributed by atoms with Crippen LogP contribution in [0.5, 0.6) is 0 Å². The average molecular weight is 414 g/mol. The van der Waals surface area contributed by atoms with Crippen LogP contribution in [0.3, 0.4) is 0 Å². The van der Waals surface area contributed by atoms with Crippen LogP contribution in [0, 0.1) is 5.92 Å². The molecule has 0 aromatic heterocycles. The van der Waals surface area contributed by atoms with Gasteiger partial charge in [0.2, 0.25) is 0 Å². The molecule has 0 aliphatic heterocycles. The quantitative estimate of drug-likeness (QED) is 0.251. The Kier molecular flexibility index (Phi) is 13.1. The minimum absolute atomic E-state index is 0.0453. The van der Waals surface area contributed by atoms with Crippen molar-refractivity contribution in [3.63, 3.8) is 0 Å². The molecule has 29 heavy (non-hydrogen) atoms. The van der Waals surface area contributed by atoms with Gasteiger partial charge in [-0.3, -0.25) is 14.4 Å². The molecule has 1 aromatic carbocycles. The predicted molar refractivity (Wildman–Crippen MR) is 112 cm³/mol. The number of anilines is 2. The van der Waals surface area contributed by atoms with Gasteiger partial charge in [0.25, 0.3) is 10.9 Å². The smallest absolute Gasteiger partial charge is 0.253 e. The van der Waals surface area contributed by atoms with Crippen LogP contribution in [-0.2, 0) is 23.7 Å². The highest BCUT2D eigenvalue weighted by Gasteiger charge is 2.19. The molecule has 0 heterocycles. The monoisotopic (exact) mass is 414 g/mol. The van der Waals surface area contributed by atoms with Crippen LogP contribution in [-0.4, -0.2) is 71.7 Å². The largest absolute Gasteiger partial charge is 0.380 e. The lowest BCUT2D eigenvalue weighted by Gasteiger charge is -2.14. The molecule has 2 N–H and O–H groups in total. The zero-order valence-corrected chi connectivity index (χ0v) is 17.7. The van der Waals surface area contributed by atoms with Crippen molar-refractivity contribution in [2.24, 2.45) is 5.92 Å². The summed E-state index contributed by atoms with van der Waals surface area (Å²) in [5.41, 5.74) is -0.399. The Morgan fingerprint density at radius 1 is 0.759 bits per heavy atom. The van der Waals surface area contributed by atoms with E-state index in [1.807, 2.05) is 20.8 Å². The van der Waals surface area contributed by atoms with E-state index in [0.29, 0.717) is 83.7 Å². The molecule has 0 aliphatic rings. The van der Waals surface area contributed by atoms with Crippen LogP contribution < -0.4 is 21.5 Å². The second-order valence-electron chi connectivity index (χ2n) is 6.67. The van der Waals surface area contributed by atoms with Crippen molar-refractivity contribution in [2.75, 3.05) is 76.6 Å². The molecule has 9 heteroatoms. The van der Waals surface area contributed by atoms with Gasteiger partial charge in [-0.15, -0.1) is 0 Å². The van der Waals surface area contributed by atoms with Crippen LogP contribution in [0.15, 0.2) is 9.59 Å². The maximum atomic E-state index is 11.6. The zero-order valence-electron chi connectivity index (χ0n) is 17.7. The Balaban J connectivity index is 1.99. The molecular formula is C20H34N2O7. The molecule has 0 saturated heterocycles. The Morgan fingerprint density at radius 3 is 1.69 bits per heavy atom. The fourth-order valence-electron chi connectivity index (χ4n) is 2.37. The van der Waals surface area contributed by atoms with Gasteiger partial charge in [-0.05, 0) is 6.92 Å². The number of rotatable bonds is 19. The summed E-state index contributed by atoms with van der Waals surface area (Å²) in [5.74, 6) is 0.244. The number of nitrogens with one attached hydrogen (secondary N) is 2. The van der Waals surface area contributed by atoms with E-state index < -0.39 is 10.9 Å². The first-order valence-corrected chi connectivity index (χ1v) is 10.1. The van der Waals surface area contributed by atoms with E-state index in [4.69, 9.17) is 18.9 Å². The molecule has 0 unspecified atom stereocenters. The molecule has 1 rings (SSSR count). The number of carbonyl (C=O) groups excluding carboxylic acids is 1. The molecule has 0 radical (unpaired) electrons. The number of ketones is 1. The molecule has 0 fully saturated rings. The summed E-state index contributed by atoms with van der Waals surface area (Å²) in [6, 6.07) is 0. The summed E-state index contributed by atoms with van der Waals surface area (Å²) < 4.78 is 21.3. The lowest BCUT2D eigenvalue weighted by atomic mass is 10.1. The number of hydrogen-bond donors (Lipinski definition) is 2. The third kappa shape index (κ3) is 9.98. The van der Waals surface area contributed by atoms with Crippen molar-refractivity contribution < 1.29 is 23.7 Å². The number of hydrogen-bond acceptors (Lipinski definition) is 9. The second-order valence-corrected chi connectivity index (χ2v) is 6.67. The summed E-state index contributed by atoms with van der Waals surface area (Å²) in [7, 11) is 0. The highest BCUT2D eigenvalue weighted by atomic mass is 16.5. The highest BCUT2D eigenvalue weighted by Crippen LogP contribution is 2.13. The second kappa shape index (κ2) is 15.1. The lowest BCUT2D eigenvalue weighted by Crippen LogP contribution is -2.38. The molecule has 0 bridgehead atoms. The maximum Gasteiger partial charge on any atom is 0.253 e. The van der Waals surface area contributed by atoms with Crippen molar-refractivity contribution in [1.82, 2.24) is 0 Å². The van der Waals surface area contributed by atoms with E-state index in [2.05, 4.69) is 10.6 Å². The van der Waals surface area contributed by atoms with Crippen LogP contribution in [0.4, 0.5) is 11.4 Å². The van der Waals surface area contributed by atoms with Gasteiger partial charge < -0.3 is 29.6 Å². The molecule has 0 amide bonds. The molecule has 0 saturated carbocycles. The molecule has 166 valence electrons. The van der Waals surface area contributed by atoms with E-state index >= 15 is 0 Å². The van der Waals surface area contributed by atoms with Gasteiger partial charge in [0.15, 0.2) is 0 Å². The summed E-state index contributed by atoms with van der Waals surface area (Å²) in [5, 5.41) is 5.84. The van der Waals surface area contributed by atoms with E-state index in [-0.39, 0.29) is 11.7 Å². The third-order valence-electron chi connectivity index (χ3n) is 4.09. The molecule has 0 aliphatic carbocycles. The van der Waals surface area contributed by atoms with Gasteiger partial charge in [-0.25, -0.2) is 0 Å². The van der Waals surface area contributed by atoms with Crippen LogP contribution in [0.25, 0.3) is 0 Å². The highest BCUT2D eigenvalue weighted by molar-refractivity contribution is 5.80. The molecule has 0 atom stereocenters. The van der Waals surface area contributed by atoms with Gasteiger partial charge in [-0.1, -0.05) is 13.8 Å². The molecule has 0 spiro atoms. The van der Waals surface area contributed by atoms with Crippen LogP contribution in [0.1, 0.15) is 27.2 Å². The van der Waals surface area contributed by atoms with Gasteiger partial charge in [0, 0.05) is 32.0 Å². The lowest BCUT2D eigenvalue weighted by molar-refractivity contribution is -0.123. The van der Waals surface area contributed by atoms with Gasteiger partial charge in [0.05, 0.1) is 46.2 Å². The van der Waals surface area contributed by atoms with Crippen molar-refractivity contribution >= 4 is 17.2 Å². The van der Waals surface area contributed by atoms with Crippen molar-refractivity contribution in [1.29, 1.82) is 0 Å².